The first kappa shape index (κ1) is 24.3. The fraction of sp³-hybridized carbons (Fsp3) is 0.520. The van der Waals surface area contributed by atoms with E-state index in [1.807, 2.05) is 18.4 Å². The van der Waals surface area contributed by atoms with Crippen LogP contribution in [-0.2, 0) is 9.84 Å². The van der Waals surface area contributed by atoms with Crippen molar-refractivity contribution in [3.63, 3.8) is 0 Å². The highest BCUT2D eigenvalue weighted by molar-refractivity contribution is 7.98. The molecule has 170 valence electrons. The van der Waals surface area contributed by atoms with Gasteiger partial charge in [-0.25, -0.2) is 12.8 Å². The number of benzene rings is 2. The summed E-state index contributed by atoms with van der Waals surface area (Å²) in [5.74, 6) is -0.917. The Balaban J connectivity index is 2.28. The Morgan fingerprint density at radius 3 is 2.23 bits per heavy atom. The van der Waals surface area contributed by atoms with Crippen LogP contribution in [0.4, 0.5) is 4.39 Å². The summed E-state index contributed by atoms with van der Waals surface area (Å²) in [6.45, 7) is 4.17. The van der Waals surface area contributed by atoms with E-state index in [9.17, 15) is 17.9 Å². The van der Waals surface area contributed by atoms with Crippen molar-refractivity contribution >= 4 is 21.6 Å². The van der Waals surface area contributed by atoms with Gasteiger partial charge in [-0.3, -0.25) is 0 Å². The van der Waals surface area contributed by atoms with Gasteiger partial charge in [0.15, 0.2) is 9.84 Å². The van der Waals surface area contributed by atoms with Crippen LogP contribution < -0.4 is 0 Å². The van der Waals surface area contributed by atoms with Crippen molar-refractivity contribution in [3.8, 4) is 0 Å². The smallest absolute Gasteiger partial charge is 0.179 e. The Hall–Kier alpha value is -1.37. The summed E-state index contributed by atoms with van der Waals surface area (Å²) in [5.41, 5.74) is 0.645. The van der Waals surface area contributed by atoms with Crippen molar-refractivity contribution in [1.29, 1.82) is 0 Å². The van der Waals surface area contributed by atoms with E-state index < -0.39 is 27.3 Å². The normalized spacial score (nSPS) is 22.0. The predicted molar refractivity (Wildman–Crippen MR) is 126 cm³/mol. The summed E-state index contributed by atoms with van der Waals surface area (Å²) in [5, 5.41) is 11.9. The molecule has 3 rings (SSSR count). The van der Waals surface area contributed by atoms with Crippen molar-refractivity contribution in [3.05, 3.63) is 59.4 Å². The van der Waals surface area contributed by atoms with E-state index >= 15 is 0 Å². The van der Waals surface area contributed by atoms with Crippen molar-refractivity contribution in [2.75, 3.05) is 12.0 Å². The van der Waals surface area contributed by atoms with E-state index in [4.69, 9.17) is 0 Å². The molecule has 31 heavy (non-hydrogen) atoms. The van der Waals surface area contributed by atoms with Gasteiger partial charge < -0.3 is 5.11 Å². The Bertz CT molecular complexity index is 978. The third-order valence-corrected chi connectivity index (χ3v) is 9.32. The monoisotopic (exact) mass is 464 g/mol. The van der Waals surface area contributed by atoms with Gasteiger partial charge in [-0.15, -0.1) is 11.8 Å². The van der Waals surface area contributed by atoms with Crippen LogP contribution in [0.25, 0.3) is 0 Å². The molecule has 1 aliphatic heterocycles. The quantitative estimate of drug-likeness (QED) is 0.473. The number of rotatable bonds is 8. The molecule has 2 aromatic carbocycles. The minimum absolute atomic E-state index is 0.0511. The molecule has 0 spiro atoms. The van der Waals surface area contributed by atoms with Gasteiger partial charge in [0.1, 0.15) is 5.82 Å². The van der Waals surface area contributed by atoms with Gasteiger partial charge in [-0.05, 0) is 60.6 Å². The molecule has 6 heteroatoms. The molecule has 0 bridgehead atoms. The second-order valence-corrected chi connectivity index (χ2v) is 11.5. The van der Waals surface area contributed by atoms with Crippen LogP contribution in [0, 0.1) is 11.2 Å². The highest BCUT2D eigenvalue weighted by atomic mass is 32.2. The number of unbranched alkanes of at least 4 members (excludes halogenated alkanes) is 2. The zero-order valence-corrected chi connectivity index (χ0v) is 20.2. The average molecular weight is 465 g/mol. The largest absolute Gasteiger partial charge is 0.392 e. The second-order valence-electron chi connectivity index (χ2n) is 8.71. The van der Waals surface area contributed by atoms with E-state index in [2.05, 4.69) is 13.8 Å². The van der Waals surface area contributed by atoms with E-state index in [-0.39, 0.29) is 11.6 Å². The highest BCUT2D eigenvalue weighted by Gasteiger charge is 2.49. The fourth-order valence-corrected chi connectivity index (χ4v) is 7.54. The van der Waals surface area contributed by atoms with Crippen LogP contribution >= 0.6 is 11.8 Å². The number of hydrogen-bond acceptors (Lipinski definition) is 4. The molecule has 0 radical (unpaired) electrons. The minimum atomic E-state index is -3.60. The summed E-state index contributed by atoms with van der Waals surface area (Å²) in [6, 6.07) is 11.6. The summed E-state index contributed by atoms with van der Waals surface area (Å²) in [4.78, 5) is 1.25. The number of hydrogen-bond donors (Lipinski definition) is 1. The first-order valence-electron chi connectivity index (χ1n) is 11.1. The molecule has 2 atom stereocenters. The Labute approximate surface area is 190 Å². The van der Waals surface area contributed by atoms with Crippen LogP contribution in [0.3, 0.4) is 0 Å². The minimum Gasteiger partial charge on any atom is -0.392 e. The summed E-state index contributed by atoms with van der Waals surface area (Å²) >= 11 is 1.54. The molecule has 3 nitrogen and oxygen atoms in total. The number of sulfone groups is 1. The van der Waals surface area contributed by atoms with Crippen molar-refractivity contribution in [2.45, 2.75) is 74.2 Å². The molecule has 2 aromatic rings. The molecule has 0 saturated heterocycles. The van der Waals surface area contributed by atoms with Crippen LogP contribution in [0.5, 0.6) is 0 Å². The molecule has 0 amide bonds. The number of thioether (sulfide) groups is 1. The lowest BCUT2D eigenvalue weighted by atomic mass is 9.68. The van der Waals surface area contributed by atoms with Crippen molar-refractivity contribution in [2.24, 2.45) is 5.41 Å². The average Bonchev–Trinajstić information content (AvgIpc) is 2.83. The number of aliphatic hydroxyl groups is 1. The van der Waals surface area contributed by atoms with Gasteiger partial charge in [0.05, 0.1) is 16.8 Å². The summed E-state index contributed by atoms with van der Waals surface area (Å²) in [6.07, 6.45) is 5.98. The predicted octanol–water partition coefficient (Wildman–Crippen LogP) is 6.19. The molecule has 1 N–H and O–H groups in total. The molecule has 0 aliphatic carbocycles. The molecular formula is C25H33FO3S2. The third kappa shape index (κ3) is 5.01. The number of aliphatic hydroxyl groups excluding tert-OH is 1. The molecule has 0 fully saturated rings. The summed E-state index contributed by atoms with van der Waals surface area (Å²) < 4.78 is 41.0. The SMILES string of the molecule is CCCCC1(CCCC)CS(=O)(=O)c2ccc(SC)cc2[C@@H](c2ccc(F)cc2)[C@H]1O. The maximum atomic E-state index is 13.7. The van der Waals surface area contributed by atoms with Crippen molar-refractivity contribution in [1.82, 2.24) is 0 Å². The van der Waals surface area contributed by atoms with E-state index in [0.29, 0.717) is 23.3 Å². The molecule has 0 saturated carbocycles. The maximum Gasteiger partial charge on any atom is 0.179 e. The van der Waals surface area contributed by atoms with Gasteiger partial charge in [-0.2, -0.15) is 0 Å². The van der Waals surface area contributed by atoms with Gasteiger partial charge >= 0.3 is 0 Å². The first-order chi connectivity index (χ1) is 14.8. The van der Waals surface area contributed by atoms with Crippen LogP contribution in [0.1, 0.15) is 69.4 Å². The third-order valence-electron chi connectivity index (χ3n) is 6.59. The number of halogens is 1. The topological polar surface area (TPSA) is 54.4 Å². The molecule has 1 heterocycles. The van der Waals surface area contributed by atoms with Crippen LogP contribution in [0.2, 0.25) is 0 Å². The molecular weight excluding hydrogens is 431 g/mol. The Kier molecular flexibility index (Phi) is 7.87. The maximum absolute atomic E-state index is 13.7. The van der Waals surface area contributed by atoms with Gasteiger partial charge in [-0.1, -0.05) is 51.7 Å². The van der Waals surface area contributed by atoms with Crippen LogP contribution in [-0.4, -0.2) is 31.6 Å². The highest BCUT2D eigenvalue weighted by Crippen LogP contribution is 2.50. The standard InChI is InChI=1S/C25H33FO3S2/c1-4-6-14-25(15-7-5-2)17-31(28,29)22-13-12-20(30-3)16-21(22)23(24(25)27)18-8-10-19(26)11-9-18/h8-13,16,23-24,27H,4-7,14-15,17H2,1-3H3/t23-,24-/m1/s1. The lowest BCUT2D eigenvalue weighted by molar-refractivity contribution is 0.0126. The lowest BCUT2D eigenvalue weighted by Gasteiger charge is -2.40. The Morgan fingerprint density at radius 2 is 1.68 bits per heavy atom. The van der Waals surface area contributed by atoms with Gasteiger partial charge in [0, 0.05) is 16.2 Å². The zero-order valence-electron chi connectivity index (χ0n) is 18.6. The van der Waals surface area contributed by atoms with E-state index in [0.717, 1.165) is 36.1 Å². The van der Waals surface area contributed by atoms with Gasteiger partial charge in [0.25, 0.3) is 0 Å². The fourth-order valence-electron chi connectivity index (χ4n) is 4.90. The number of fused-ring (bicyclic) bond motifs is 1. The summed E-state index contributed by atoms with van der Waals surface area (Å²) in [7, 11) is -3.60. The molecule has 1 aliphatic rings. The second kappa shape index (κ2) is 10.1. The van der Waals surface area contributed by atoms with E-state index in [1.54, 1.807) is 30.0 Å². The lowest BCUT2D eigenvalue weighted by Crippen LogP contribution is -2.43. The zero-order chi connectivity index (χ0) is 22.6. The van der Waals surface area contributed by atoms with Crippen LogP contribution in [0.15, 0.2) is 52.3 Å². The molecule has 0 aromatic heterocycles. The molecule has 0 unspecified atom stereocenters. The van der Waals surface area contributed by atoms with Crippen molar-refractivity contribution < 1.29 is 17.9 Å². The van der Waals surface area contributed by atoms with E-state index in [1.165, 1.54) is 12.1 Å². The van der Waals surface area contributed by atoms with Gasteiger partial charge in [0.2, 0.25) is 0 Å². The Morgan fingerprint density at radius 1 is 1.06 bits per heavy atom. The first-order valence-corrected chi connectivity index (χ1v) is 14.0.